The Labute approximate surface area is 126 Å². The summed E-state index contributed by atoms with van der Waals surface area (Å²) in [5.74, 6) is 0. The van der Waals surface area contributed by atoms with E-state index in [9.17, 15) is 13.2 Å². The van der Waals surface area contributed by atoms with Gasteiger partial charge in [-0.1, -0.05) is 45.8 Å². The first-order valence-electron chi connectivity index (χ1n) is 5.96. The average molecular weight is 353 g/mol. The van der Waals surface area contributed by atoms with Crippen molar-refractivity contribution in [3.63, 3.8) is 0 Å². The lowest BCUT2D eigenvalue weighted by atomic mass is 10.2. The van der Waals surface area contributed by atoms with Crippen molar-refractivity contribution in [1.82, 2.24) is 0 Å². The van der Waals surface area contributed by atoms with E-state index in [-0.39, 0.29) is 4.90 Å². The smallest absolute Gasteiger partial charge is 0.192 e. The number of aryl methyl sites for hydroxylation is 1. The second-order valence-corrected chi connectivity index (χ2v) is 7.45. The van der Waals surface area contributed by atoms with E-state index in [1.54, 1.807) is 36.4 Å². The summed E-state index contributed by atoms with van der Waals surface area (Å²) < 4.78 is 25.9. The largest absolute Gasteiger partial charge is 0.302 e. The Morgan fingerprint density at radius 1 is 1.00 bits per heavy atom. The van der Waals surface area contributed by atoms with Crippen LogP contribution in [0.4, 0.5) is 0 Å². The van der Waals surface area contributed by atoms with Crippen molar-refractivity contribution in [3.8, 4) is 0 Å². The van der Waals surface area contributed by atoms with Crippen LogP contribution in [0.3, 0.4) is 0 Å². The molecule has 0 aliphatic heterocycles. The number of carbonyl (C=O) groups excluding carboxylic acids is 1. The van der Waals surface area contributed by atoms with E-state index >= 15 is 0 Å². The highest BCUT2D eigenvalue weighted by Gasteiger charge is 2.28. The maximum atomic E-state index is 12.5. The molecular formula is C15H13BrO3S. The zero-order valence-electron chi connectivity index (χ0n) is 10.8. The van der Waals surface area contributed by atoms with Gasteiger partial charge in [0.15, 0.2) is 9.84 Å². The minimum absolute atomic E-state index is 0.156. The highest BCUT2D eigenvalue weighted by atomic mass is 79.9. The molecule has 0 N–H and O–H groups in total. The van der Waals surface area contributed by atoms with Crippen LogP contribution in [-0.4, -0.2) is 14.7 Å². The molecule has 0 aromatic heterocycles. The van der Waals surface area contributed by atoms with E-state index < -0.39 is 15.1 Å². The third-order valence-electron chi connectivity index (χ3n) is 3.01. The molecule has 5 heteroatoms. The van der Waals surface area contributed by atoms with Gasteiger partial charge >= 0.3 is 0 Å². The number of rotatable bonds is 4. The van der Waals surface area contributed by atoms with E-state index in [0.29, 0.717) is 11.8 Å². The Balaban J connectivity index is 2.47. The summed E-state index contributed by atoms with van der Waals surface area (Å²) >= 11 is 3.28. The fourth-order valence-electron chi connectivity index (χ4n) is 1.86. The van der Waals surface area contributed by atoms with Crippen molar-refractivity contribution in [2.24, 2.45) is 0 Å². The molecule has 0 amide bonds. The summed E-state index contributed by atoms with van der Waals surface area (Å²) in [6.07, 6.45) is 0.471. The standard InChI is InChI=1S/C15H13BrO3S/c1-11-2-8-14(9-3-11)20(18,19)15(10-17)12-4-6-13(16)7-5-12/h2-10,15H,1H3. The third-order valence-corrected chi connectivity index (χ3v) is 5.52. The molecule has 2 rings (SSSR count). The number of halogens is 1. The molecule has 0 aliphatic carbocycles. The Morgan fingerprint density at radius 3 is 2.05 bits per heavy atom. The monoisotopic (exact) mass is 352 g/mol. The van der Waals surface area contributed by atoms with Crippen LogP contribution in [0.25, 0.3) is 0 Å². The molecule has 104 valence electrons. The van der Waals surface area contributed by atoms with Crippen LogP contribution in [0.5, 0.6) is 0 Å². The van der Waals surface area contributed by atoms with Crippen molar-refractivity contribution >= 4 is 32.1 Å². The van der Waals surface area contributed by atoms with E-state index in [2.05, 4.69) is 15.9 Å². The molecular weight excluding hydrogens is 340 g/mol. The molecule has 2 aromatic rings. The van der Waals surface area contributed by atoms with Crippen LogP contribution in [0, 0.1) is 6.92 Å². The van der Waals surface area contributed by atoms with Crippen LogP contribution in [-0.2, 0) is 14.6 Å². The molecule has 0 saturated carbocycles. The van der Waals surface area contributed by atoms with Gasteiger partial charge in [-0.25, -0.2) is 8.42 Å². The molecule has 0 radical (unpaired) electrons. The van der Waals surface area contributed by atoms with E-state index in [1.807, 2.05) is 6.92 Å². The topological polar surface area (TPSA) is 51.2 Å². The first-order chi connectivity index (χ1) is 9.45. The number of hydrogen-bond donors (Lipinski definition) is 0. The summed E-state index contributed by atoms with van der Waals surface area (Å²) in [5, 5.41) is -1.18. The quantitative estimate of drug-likeness (QED) is 0.791. The molecule has 0 heterocycles. The highest BCUT2D eigenvalue weighted by Crippen LogP contribution is 2.28. The number of carbonyl (C=O) groups is 1. The number of benzene rings is 2. The first-order valence-corrected chi connectivity index (χ1v) is 8.30. The summed E-state index contributed by atoms with van der Waals surface area (Å²) in [7, 11) is -3.72. The van der Waals surface area contributed by atoms with Crippen LogP contribution < -0.4 is 0 Å². The molecule has 20 heavy (non-hydrogen) atoms. The maximum Gasteiger partial charge on any atom is 0.192 e. The fraction of sp³-hybridized carbons (Fsp3) is 0.133. The second-order valence-electron chi connectivity index (χ2n) is 4.47. The summed E-state index contributed by atoms with van der Waals surface area (Å²) in [4.78, 5) is 11.4. The third kappa shape index (κ3) is 2.99. The zero-order valence-corrected chi connectivity index (χ0v) is 13.2. The predicted molar refractivity (Wildman–Crippen MR) is 81.3 cm³/mol. The van der Waals surface area contributed by atoms with E-state index in [0.717, 1.165) is 10.0 Å². The van der Waals surface area contributed by atoms with Gasteiger partial charge in [0.25, 0.3) is 0 Å². The van der Waals surface area contributed by atoms with Crippen molar-refractivity contribution < 1.29 is 13.2 Å². The van der Waals surface area contributed by atoms with Crippen molar-refractivity contribution in [2.45, 2.75) is 17.1 Å². The Kier molecular flexibility index (Phi) is 4.40. The Hall–Kier alpha value is -1.46. The lowest BCUT2D eigenvalue weighted by molar-refractivity contribution is -0.107. The molecule has 3 nitrogen and oxygen atoms in total. The lowest BCUT2D eigenvalue weighted by Crippen LogP contribution is -2.15. The van der Waals surface area contributed by atoms with Gasteiger partial charge < -0.3 is 4.79 Å². The van der Waals surface area contributed by atoms with Gasteiger partial charge in [0.2, 0.25) is 0 Å². The predicted octanol–water partition coefficient (Wildman–Crippen LogP) is 3.47. The first kappa shape index (κ1) is 14.9. The van der Waals surface area contributed by atoms with Crippen molar-refractivity contribution in [1.29, 1.82) is 0 Å². The molecule has 2 aromatic carbocycles. The molecule has 0 spiro atoms. The fourth-order valence-corrected chi connectivity index (χ4v) is 3.59. The molecule has 0 fully saturated rings. The SMILES string of the molecule is Cc1ccc(S(=O)(=O)C(C=O)c2ccc(Br)cc2)cc1. The number of aldehydes is 1. The highest BCUT2D eigenvalue weighted by molar-refractivity contribution is 9.10. The van der Waals surface area contributed by atoms with Gasteiger partial charge in [0.05, 0.1) is 4.90 Å². The summed E-state index contributed by atoms with van der Waals surface area (Å²) in [5.41, 5.74) is 1.43. The van der Waals surface area contributed by atoms with Crippen LogP contribution in [0.15, 0.2) is 57.9 Å². The molecule has 0 aliphatic rings. The van der Waals surface area contributed by atoms with Gasteiger partial charge in [-0.2, -0.15) is 0 Å². The molecule has 1 atom stereocenters. The maximum absolute atomic E-state index is 12.5. The van der Waals surface area contributed by atoms with Gasteiger partial charge in [-0.15, -0.1) is 0 Å². The van der Waals surface area contributed by atoms with Crippen molar-refractivity contribution in [2.75, 3.05) is 0 Å². The van der Waals surface area contributed by atoms with Gasteiger partial charge in [-0.05, 0) is 36.8 Å². The minimum atomic E-state index is -3.72. The van der Waals surface area contributed by atoms with Gasteiger partial charge in [-0.3, -0.25) is 0 Å². The van der Waals surface area contributed by atoms with E-state index in [1.165, 1.54) is 12.1 Å². The second kappa shape index (κ2) is 5.89. The number of sulfone groups is 1. The number of hydrogen-bond acceptors (Lipinski definition) is 3. The Bertz CT molecular complexity index is 704. The van der Waals surface area contributed by atoms with Gasteiger partial charge in [0, 0.05) is 4.47 Å². The molecule has 0 bridgehead atoms. The van der Waals surface area contributed by atoms with Crippen molar-refractivity contribution in [3.05, 3.63) is 64.1 Å². The van der Waals surface area contributed by atoms with Gasteiger partial charge in [0.1, 0.15) is 11.5 Å². The minimum Gasteiger partial charge on any atom is -0.302 e. The van der Waals surface area contributed by atoms with E-state index in [4.69, 9.17) is 0 Å². The van der Waals surface area contributed by atoms with Crippen LogP contribution in [0.1, 0.15) is 16.4 Å². The summed E-state index contributed by atoms with van der Waals surface area (Å²) in [6.45, 7) is 1.88. The average Bonchev–Trinajstić information content (AvgIpc) is 2.42. The van der Waals surface area contributed by atoms with Crippen LogP contribution >= 0.6 is 15.9 Å². The summed E-state index contributed by atoms with van der Waals surface area (Å²) in [6, 6.07) is 13.2. The lowest BCUT2D eigenvalue weighted by Gasteiger charge is -2.12. The molecule has 0 saturated heterocycles. The Morgan fingerprint density at radius 2 is 1.55 bits per heavy atom. The molecule has 1 unspecified atom stereocenters. The normalized spacial score (nSPS) is 12.9. The zero-order chi connectivity index (χ0) is 14.8. The van der Waals surface area contributed by atoms with Crippen LogP contribution in [0.2, 0.25) is 0 Å².